The minimum atomic E-state index is -0.316. The lowest BCUT2D eigenvalue weighted by Crippen LogP contribution is -2.27. The average Bonchev–Trinajstić information content (AvgIpc) is 3.05. The number of thioether (sulfide) groups is 1. The largest absolute Gasteiger partial charge is 0.343 e. The minimum Gasteiger partial charge on any atom is -0.343 e. The molecule has 0 spiro atoms. The van der Waals surface area contributed by atoms with Gasteiger partial charge in [-0.1, -0.05) is 18.2 Å². The molecule has 0 radical (unpaired) electrons. The molecule has 5 nitrogen and oxygen atoms in total. The lowest BCUT2D eigenvalue weighted by atomic mass is 10.1. The Hall–Kier alpha value is -2.78. The van der Waals surface area contributed by atoms with Crippen LogP contribution in [0.3, 0.4) is 0 Å². The standard InChI is InChI=1S/C22H23N3O2S/c1-14-10-18(15(2)25(14)22(3,4)5)11-19-20(26)24(21(27)28-19)13-17-9-7-6-8-16(17)12-23/h6-11H,13H2,1-5H3/b19-11+. The molecule has 1 aliphatic heterocycles. The molecule has 0 aliphatic carbocycles. The summed E-state index contributed by atoms with van der Waals surface area (Å²) in [4.78, 5) is 26.9. The molecule has 2 amide bonds. The molecule has 1 aromatic carbocycles. The number of amides is 2. The number of nitriles is 1. The fourth-order valence-corrected chi connectivity index (χ4v) is 4.51. The highest BCUT2D eigenvalue weighted by molar-refractivity contribution is 8.18. The van der Waals surface area contributed by atoms with E-state index in [1.54, 1.807) is 30.3 Å². The summed E-state index contributed by atoms with van der Waals surface area (Å²) in [6.45, 7) is 10.6. The van der Waals surface area contributed by atoms with Gasteiger partial charge in [0, 0.05) is 16.9 Å². The van der Waals surface area contributed by atoms with E-state index in [0.717, 1.165) is 28.7 Å². The van der Waals surface area contributed by atoms with Gasteiger partial charge < -0.3 is 4.57 Å². The molecule has 0 atom stereocenters. The Morgan fingerprint density at radius 2 is 1.86 bits per heavy atom. The number of hydrogen-bond acceptors (Lipinski definition) is 4. The van der Waals surface area contributed by atoms with Crippen LogP contribution in [0.15, 0.2) is 35.2 Å². The molecule has 3 rings (SSSR count). The van der Waals surface area contributed by atoms with Gasteiger partial charge in [-0.15, -0.1) is 0 Å². The average molecular weight is 394 g/mol. The Bertz CT molecular complexity index is 1040. The van der Waals surface area contributed by atoms with E-state index in [1.165, 1.54) is 4.90 Å². The number of nitrogens with zero attached hydrogens (tertiary/aromatic N) is 3. The molecule has 1 saturated heterocycles. The number of aryl methyl sites for hydroxylation is 1. The number of rotatable bonds is 3. The van der Waals surface area contributed by atoms with Gasteiger partial charge in [-0.05, 0) is 75.7 Å². The number of imide groups is 1. The summed E-state index contributed by atoms with van der Waals surface area (Å²) >= 11 is 0.947. The third-order valence-electron chi connectivity index (χ3n) is 4.77. The first-order valence-electron chi connectivity index (χ1n) is 9.06. The molecule has 28 heavy (non-hydrogen) atoms. The van der Waals surface area contributed by atoms with Crippen molar-refractivity contribution < 1.29 is 9.59 Å². The summed E-state index contributed by atoms with van der Waals surface area (Å²) in [5.74, 6) is -0.316. The van der Waals surface area contributed by atoms with E-state index in [-0.39, 0.29) is 23.2 Å². The quantitative estimate of drug-likeness (QED) is 0.691. The van der Waals surface area contributed by atoms with Gasteiger partial charge >= 0.3 is 0 Å². The summed E-state index contributed by atoms with van der Waals surface area (Å²) in [6.07, 6.45) is 1.80. The van der Waals surface area contributed by atoms with Crippen LogP contribution >= 0.6 is 11.8 Å². The molecule has 0 N–H and O–H groups in total. The monoisotopic (exact) mass is 393 g/mol. The third-order valence-corrected chi connectivity index (χ3v) is 5.67. The van der Waals surface area contributed by atoms with Crippen LogP contribution < -0.4 is 0 Å². The van der Waals surface area contributed by atoms with Crippen molar-refractivity contribution in [2.75, 3.05) is 0 Å². The summed E-state index contributed by atoms with van der Waals surface area (Å²) in [5, 5.41) is 8.93. The van der Waals surface area contributed by atoms with E-state index in [0.29, 0.717) is 16.0 Å². The molecule has 6 heteroatoms. The van der Waals surface area contributed by atoms with Crippen LogP contribution in [-0.4, -0.2) is 20.6 Å². The first-order chi connectivity index (χ1) is 13.1. The zero-order chi connectivity index (χ0) is 20.6. The zero-order valence-electron chi connectivity index (χ0n) is 16.7. The van der Waals surface area contributed by atoms with Gasteiger partial charge in [0.1, 0.15) is 0 Å². The summed E-state index contributed by atoms with van der Waals surface area (Å²) in [7, 11) is 0. The molecule has 2 aromatic rings. The Balaban J connectivity index is 1.91. The van der Waals surface area contributed by atoms with E-state index in [9.17, 15) is 14.9 Å². The Labute approximate surface area is 169 Å². The van der Waals surface area contributed by atoms with Gasteiger partial charge in [-0.3, -0.25) is 14.5 Å². The number of benzene rings is 1. The SMILES string of the molecule is Cc1cc(/C=C2/SC(=O)N(Cc3ccccc3C#N)C2=O)c(C)n1C(C)(C)C. The molecule has 2 heterocycles. The highest BCUT2D eigenvalue weighted by atomic mass is 32.2. The molecule has 1 fully saturated rings. The smallest absolute Gasteiger partial charge is 0.293 e. The van der Waals surface area contributed by atoms with Crippen molar-refractivity contribution in [1.82, 2.24) is 9.47 Å². The van der Waals surface area contributed by atoms with Crippen LogP contribution in [0.5, 0.6) is 0 Å². The minimum absolute atomic E-state index is 0.0688. The van der Waals surface area contributed by atoms with Crippen LogP contribution in [0, 0.1) is 25.2 Å². The van der Waals surface area contributed by atoms with Crippen LogP contribution in [0.4, 0.5) is 4.79 Å². The van der Waals surface area contributed by atoms with E-state index >= 15 is 0 Å². The molecule has 1 aromatic heterocycles. The van der Waals surface area contributed by atoms with E-state index in [1.807, 2.05) is 19.9 Å². The summed E-state index contributed by atoms with van der Waals surface area (Å²) in [5.41, 5.74) is 4.18. The number of hydrogen-bond donors (Lipinski definition) is 0. The Morgan fingerprint density at radius 3 is 2.46 bits per heavy atom. The van der Waals surface area contributed by atoms with Gasteiger partial charge in [0.25, 0.3) is 11.1 Å². The number of carbonyl (C=O) groups excluding carboxylic acids is 2. The lowest BCUT2D eigenvalue weighted by Gasteiger charge is -2.25. The predicted molar refractivity (Wildman–Crippen MR) is 112 cm³/mol. The summed E-state index contributed by atoms with van der Waals surface area (Å²) in [6, 6.07) is 11.2. The third kappa shape index (κ3) is 3.63. The predicted octanol–water partition coefficient (Wildman–Crippen LogP) is 4.97. The topological polar surface area (TPSA) is 66.1 Å². The van der Waals surface area contributed by atoms with Gasteiger partial charge in [0.15, 0.2) is 0 Å². The fourth-order valence-electron chi connectivity index (χ4n) is 3.68. The Morgan fingerprint density at radius 1 is 1.18 bits per heavy atom. The molecule has 0 unspecified atom stereocenters. The number of aromatic nitrogens is 1. The Kier molecular flexibility index (Phi) is 5.22. The molecule has 144 valence electrons. The van der Waals surface area contributed by atoms with Crippen molar-refractivity contribution in [2.24, 2.45) is 0 Å². The van der Waals surface area contributed by atoms with Gasteiger partial charge in [0.05, 0.1) is 23.1 Å². The first-order valence-corrected chi connectivity index (χ1v) is 9.88. The molecule has 1 aliphatic rings. The van der Waals surface area contributed by atoms with Crippen molar-refractivity contribution in [3.05, 3.63) is 63.3 Å². The molecular formula is C22H23N3O2S. The van der Waals surface area contributed by atoms with Crippen molar-refractivity contribution in [1.29, 1.82) is 5.26 Å². The van der Waals surface area contributed by atoms with Crippen LogP contribution in [-0.2, 0) is 16.9 Å². The lowest BCUT2D eigenvalue weighted by molar-refractivity contribution is -0.123. The van der Waals surface area contributed by atoms with Crippen molar-refractivity contribution >= 4 is 29.0 Å². The highest BCUT2D eigenvalue weighted by Crippen LogP contribution is 2.35. The zero-order valence-corrected chi connectivity index (χ0v) is 17.6. The normalized spacial score (nSPS) is 16.1. The van der Waals surface area contributed by atoms with Crippen LogP contribution in [0.2, 0.25) is 0 Å². The maximum absolute atomic E-state index is 12.9. The second kappa shape index (κ2) is 7.33. The maximum atomic E-state index is 12.9. The summed E-state index contributed by atoms with van der Waals surface area (Å²) < 4.78 is 2.23. The van der Waals surface area contributed by atoms with Gasteiger partial charge in [-0.2, -0.15) is 5.26 Å². The fraction of sp³-hybridized carbons (Fsp3) is 0.318. The van der Waals surface area contributed by atoms with Crippen molar-refractivity contribution in [3.63, 3.8) is 0 Å². The maximum Gasteiger partial charge on any atom is 0.293 e. The first kappa shape index (κ1) is 20.0. The van der Waals surface area contributed by atoms with Gasteiger partial charge in [-0.25, -0.2) is 0 Å². The molecule has 0 saturated carbocycles. The van der Waals surface area contributed by atoms with Crippen LogP contribution in [0.1, 0.15) is 48.8 Å². The number of carbonyl (C=O) groups is 2. The second-order valence-corrected chi connectivity index (χ2v) is 8.86. The molecular weight excluding hydrogens is 370 g/mol. The van der Waals surface area contributed by atoms with Crippen LogP contribution in [0.25, 0.3) is 6.08 Å². The van der Waals surface area contributed by atoms with Crippen molar-refractivity contribution in [3.8, 4) is 6.07 Å². The van der Waals surface area contributed by atoms with E-state index < -0.39 is 0 Å². The second-order valence-electron chi connectivity index (χ2n) is 7.87. The van der Waals surface area contributed by atoms with E-state index in [4.69, 9.17) is 0 Å². The molecule has 0 bridgehead atoms. The van der Waals surface area contributed by atoms with Crippen molar-refractivity contribution in [2.45, 2.75) is 46.7 Å². The van der Waals surface area contributed by atoms with E-state index in [2.05, 4.69) is 31.4 Å². The van der Waals surface area contributed by atoms with Gasteiger partial charge in [0.2, 0.25) is 0 Å². The highest BCUT2D eigenvalue weighted by Gasteiger charge is 2.35.